The van der Waals surface area contributed by atoms with Gasteiger partial charge in [0.15, 0.2) is 23.0 Å². The van der Waals surface area contributed by atoms with E-state index in [1.807, 2.05) is 85.2 Å². The lowest BCUT2D eigenvalue weighted by atomic mass is 10.1. The number of nitrogens with two attached hydrogens (primary N) is 2. The molecule has 2 saturated heterocycles. The van der Waals surface area contributed by atoms with Crippen LogP contribution in [0, 0.1) is 0 Å². The van der Waals surface area contributed by atoms with E-state index >= 15 is 0 Å². The number of aromatic nitrogens is 8. The van der Waals surface area contributed by atoms with Gasteiger partial charge in [-0.2, -0.15) is 9.97 Å². The molecule has 6 N–H and O–H groups in total. The zero-order valence-electron chi connectivity index (χ0n) is 37.7. The van der Waals surface area contributed by atoms with Crippen molar-refractivity contribution in [2.24, 2.45) is 0 Å². The van der Waals surface area contributed by atoms with Crippen molar-refractivity contribution in [3.05, 3.63) is 109 Å². The first-order chi connectivity index (χ1) is 32.3. The predicted molar refractivity (Wildman–Crippen MR) is 262 cm³/mol. The van der Waals surface area contributed by atoms with E-state index in [2.05, 4.69) is 63.8 Å². The molecule has 0 spiro atoms. The summed E-state index contributed by atoms with van der Waals surface area (Å²) in [5, 5.41) is 1.47. The Hall–Kier alpha value is -8.32. The highest BCUT2D eigenvalue weighted by atomic mass is 16.5. The van der Waals surface area contributed by atoms with Gasteiger partial charge in [0.05, 0.1) is 50.9 Å². The van der Waals surface area contributed by atoms with E-state index in [9.17, 15) is 0 Å². The van der Waals surface area contributed by atoms with Crippen LogP contribution in [0.2, 0.25) is 0 Å². The number of anilines is 6. The van der Waals surface area contributed by atoms with Crippen molar-refractivity contribution < 1.29 is 24.4 Å². The zero-order valence-corrected chi connectivity index (χ0v) is 37.7. The van der Waals surface area contributed by atoms with E-state index in [0.717, 1.165) is 109 Å². The van der Waals surface area contributed by atoms with E-state index in [-0.39, 0.29) is 5.48 Å². The maximum atomic E-state index is 6.26. The van der Waals surface area contributed by atoms with Crippen LogP contribution in [0.3, 0.4) is 0 Å². The first kappa shape index (κ1) is 45.3. The van der Waals surface area contributed by atoms with Gasteiger partial charge >= 0.3 is 0 Å². The molecule has 0 aliphatic carbocycles. The Kier molecular flexibility index (Phi) is 13.7. The Labute approximate surface area is 387 Å². The van der Waals surface area contributed by atoms with Crippen LogP contribution in [0.5, 0.6) is 23.0 Å². The average molecular weight is 905 g/mol. The van der Waals surface area contributed by atoms with E-state index < -0.39 is 0 Å². The molecule has 19 heteroatoms. The molecular weight excluding hydrogens is 853 g/mol. The molecule has 67 heavy (non-hydrogen) atoms. The van der Waals surface area contributed by atoms with Gasteiger partial charge in [-0.3, -0.25) is 0 Å². The number of rotatable bonds is 10. The number of nitrogen functional groups attached to an aromatic ring is 2. The first-order valence-corrected chi connectivity index (χ1v) is 21.5. The third kappa shape index (κ3) is 9.71. The number of ether oxygens (including phenoxy) is 4. The lowest BCUT2D eigenvalue weighted by molar-refractivity contribution is 0.356. The number of fused-ring (bicyclic) bond motifs is 2. The molecule has 0 atom stereocenters. The maximum absolute atomic E-state index is 6.26. The first-order valence-electron chi connectivity index (χ1n) is 21.5. The van der Waals surface area contributed by atoms with Crippen LogP contribution >= 0.6 is 0 Å². The second-order valence-electron chi connectivity index (χ2n) is 15.4. The van der Waals surface area contributed by atoms with Gasteiger partial charge in [-0.05, 0) is 24.3 Å². The van der Waals surface area contributed by atoms with E-state index in [1.54, 1.807) is 28.4 Å². The second-order valence-corrected chi connectivity index (χ2v) is 15.4. The Morgan fingerprint density at radius 3 is 1.07 bits per heavy atom. The Bertz CT molecular complexity index is 2750. The van der Waals surface area contributed by atoms with Crippen LogP contribution in [0.15, 0.2) is 109 Å². The van der Waals surface area contributed by atoms with Gasteiger partial charge in [0.1, 0.15) is 11.6 Å². The van der Waals surface area contributed by atoms with Gasteiger partial charge in [-0.15, -0.1) is 0 Å². The summed E-state index contributed by atoms with van der Waals surface area (Å²) in [6.07, 6.45) is 3.62. The molecule has 8 aromatic rings. The number of hydrogen-bond acceptors (Lipinski definition) is 18. The van der Waals surface area contributed by atoms with Gasteiger partial charge in [-0.1, -0.05) is 60.7 Å². The van der Waals surface area contributed by atoms with Gasteiger partial charge in [0, 0.05) is 98.8 Å². The van der Waals surface area contributed by atoms with Crippen LogP contribution in [0.25, 0.3) is 44.3 Å². The van der Waals surface area contributed by atoms with Crippen LogP contribution in [0.1, 0.15) is 0 Å². The molecule has 10 rings (SSSR count). The van der Waals surface area contributed by atoms with Crippen molar-refractivity contribution >= 4 is 57.2 Å². The molecule has 344 valence electrons. The highest BCUT2D eigenvalue weighted by Gasteiger charge is 2.25. The number of piperazine rings is 2. The van der Waals surface area contributed by atoms with E-state index in [1.165, 1.54) is 0 Å². The minimum absolute atomic E-state index is 0. The quantitative estimate of drug-likeness (QED) is 0.179. The zero-order chi connectivity index (χ0) is 45.6. The molecule has 0 bridgehead atoms. The molecule has 4 aromatic carbocycles. The van der Waals surface area contributed by atoms with Crippen LogP contribution in [0.4, 0.5) is 35.4 Å². The smallest absolute Gasteiger partial charge is 0.228 e. The molecule has 19 nitrogen and oxygen atoms in total. The monoisotopic (exact) mass is 904 g/mol. The normalized spacial score (nSPS) is 13.7. The minimum Gasteiger partial charge on any atom is -0.493 e. The molecule has 2 fully saturated rings. The van der Waals surface area contributed by atoms with Crippen molar-refractivity contribution in [3.8, 4) is 45.5 Å². The highest BCUT2D eigenvalue weighted by molar-refractivity contribution is 5.92. The minimum atomic E-state index is 0. The van der Waals surface area contributed by atoms with Crippen molar-refractivity contribution in [1.29, 1.82) is 0 Å². The molecule has 6 heterocycles. The fraction of sp³-hybridized carbons (Fsp3) is 0.250. The molecule has 4 aromatic heterocycles. The fourth-order valence-corrected chi connectivity index (χ4v) is 7.97. The van der Waals surface area contributed by atoms with Gasteiger partial charge < -0.3 is 55.5 Å². The second kappa shape index (κ2) is 20.2. The number of benzene rings is 4. The molecule has 0 radical (unpaired) electrons. The van der Waals surface area contributed by atoms with Crippen molar-refractivity contribution in [2.45, 2.75) is 0 Å². The summed E-state index contributed by atoms with van der Waals surface area (Å²) in [4.78, 5) is 45.8. The van der Waals surface area contributed by atoms with Crippen molar-refractivity contribution in [1.82, 2.24) is 39.9 Å². The third-order valence-electron chi connectivity index (χ3n) is 11.6. The Balaban J connectivity index is 0.000000179. The molecule has 2 aliphatic rings. The van der Waals surface area contributed by atoms with Gasteiger partial charge in [0.25, 0.3) is 0 Å². The molecular formula is C48H52N14O5. The Morgan fingerprint density at radius 2 is 0.731 bits per heavy atom. The summed E-state index contributed by atoms with van der Waals surface area (Å²) in [6.45, 7) is 5.95. The van der Waals surface area contributed by atoms with E-state index in [4.69, 9.17) is 50.4 Å². The average Bonchev–Trinajstić information content (AvgIpc) is 3.38. The fourth-order valence-electron chi connectivity index (χ4n) is 7.97. The summed E-state index contributed by atoms with van der Waals surface area (Å²) >= 11 is 0. The molecule has 2 aliphatic heterocycles. The van der Waals surface area contributed by atoms with Crippen LogP contribution in [-0.2, 0) is 0 Å². The van der Waals surface area contributed by atoms with Gasteiger partial charge in [-0.25, -0.2) is 29.9 Å². The molecule has 0 saturated carbocycles. The SMILES string of the molecule is COc1cc2nc(N3CCN(c4nccc(-c5ccccc5)n4)CC3)nc(N)c2cc1OC.COc1cc2nc(N3CCN(c4nccc(-c5ccccc5)n4)CC3)nc(N)c2cc1OC.O. The van der Waals surface area contributed by atoms with Crippen LogP contribution in [-0.4, -0.2) is 126 Å². The summed E-state index contributed by atoms with van der Waals surface area (Å²) in [7, 11) is 6.38. The molecule has 0 unspecified atom stereocenters. The van der Waals surface area contributed by atoms with Crippen molar-refractivity contribution in [2.75, 3.05) is 112 Å². The number of hydrogen-bond donors (Lipinski definition) is 2. The van der Waals surface area contributed by atoms with Crippen molar-refractivity contribution in [3.63, 3.8) is 0 Å². The summed E-state index contributed by atoms with van der Waals surface area (Å²) in [5.41, 5.74) is 17.9. The van der Waals surface area contributed by atoms with E-state index in [0.29, 0.717) is 46.5 Å². The Morgan fingerprint density at radius 1 is 0.403 bits per heavy atom. The van der Waals surface area contributed by atoms with Crippen LogP contribution < -0.4 is 50.0 Å². The lowest BCUT2D eigenvalue weighted by Crippen LogP contribution is -2.47. The topological polar surface area (TPSA) is 237 Å². The molecule has 0 amide bonds. The van der Waals surface area contributed by atoms with Gasteiger partial charge in [0.2, 0.25) is 23.8 Å². The highest BCUT2D eigenvalue weighted by Crippen LogP contribution is 2.36. The lowest BCUT2D eigenvalue weighted by Gasteiger charge is -2.35. The largest absolute Gasteiger partial charge is 0.493 e. The predicted octanol–water partition coefficient (Wildman–Crippen LogP) is 5.20. The summed E-state index contributed by atoms with van der Waals surface area (Å²) in [6, 6.07) is 31.4. The summed E-state index contributed by atoms with van der Waals surface area (Å²) in [5.74, 6) is 5.90. The maximum Gasteiger partial charge on any atom is 0.228 e. The number of methoxy groups -OCH3 is 4. The third-order valence-corrected chi connectivity index (χ3v) is 11.6. The summed E-state index contributed by atoms with van der Waals surface area (Å²) < 4.78 is 21.6. The standard InChI is InChI=1S/2C24H25N7O2.H2O/c2*1-32-20-14-17-19(15-21(20)33-2)28-24(29-22(17)25)31-12-10-30(11-13-31)23-26-9-8-18(27-23)16-6-4-3-5-7-16;/h2*3-9,14-15H,10-13H2,1-2H3,(H2,25,28,29);1H2. The number of nitrogens with zero attached hydrogens (tertiary/aromatic N) is 12.